The van der Waals surface area contributed by atoms with Crippen LogP contribution in [0, 0.1) is 0 Å². The predicted octanol–water partition coefficient (Wildman–Crippen LogP) is 4.83. The molecular formula is C22H25NO5S. The summed E-state index contributed by atoms with van der Waals surface area (Å²) in [5.74, 6) is 0.688. The standard InChI is InChI=1S/C22H25NO5S/c1-22(2)11-13(8-14-17(21(24)25)20(23)29-19(14)22)7-6-12-9-15(26-3)18(28-5)16(10-12)27-4/h6-10H,11,23H2,1-5H3,(H,24,25)/b7-6+. The average Bonchev–Trinajstić information content (AvgIpc) is 3.02. The van der Waals surface area contributed by atoms with Crippen LogP contribution in [-0.2, 0) is 5.41 Å². The van der Waals surface area contributed by atoms with Crippen LogP contribution in [0.4, 0.5) is 5.00 Å². The van der Waals surface area contributed by atoms with Crippen molar-refractivity contribution in [2.24, 2.45) is 0 Å². The Bertz CT molecular complexity index is 991. The maximum atomic E-state index is 11.7. The molecule has 154 valence electrons. The summed E-state index contributed by atoms with van der Waals surface area (Å²) in [7, 11) is 4.72. The molecule has 0 atom stereocenters. The van der Waals surface area contributed by atoms with E-state index in [-0.39, 0.29) is 11.0 Å². The lowest BCUT2D eigenvalue weighted by atomic mass is 9.77. The minimum atomic E-state index is -0.998. The van der Waals surface area contributed by atoms with Crippen LogP contribution in [0.15, 0.2) is 23.8 Å². The van der Waals surface area contributed by atoms with Gasteiger partial charge in [0.15, 0.2) is 11.5 Å². The van der Waals surface area contributed by atoms with E-state index in [0.29, 0.717) is 27.8 Å². The van der Waals surface area contributed by atoms with E-state index in [0.717, 1.165) is 22.4 Å². The summed E-state index contributed by atoms with van der Waals surface area (Å²) in [5.41, 5.74) is 8.60. The number of aromatic carboxylic acids is 1. The van der Waals surface area contributed by atoms with Gasteiger partial charge in [-0.05, 0) is 35.8 Å². The molecule has 0 amide bonds. The average molecular weight is 416 g/mol. The topological polar surface area (TPSA) is 91.0 Å². The highest BCUT2D eigenvalue weighted by atomic mass is 32.1. The minimum absolute atomic E-state index is 0.191. The molecule has 0 spiro atoms. The third kappa shape index (κ3) is 3.82. The number of fused-ring (bicyclic) bond motifs is 1. The Morgan fingerprint density at radius 1 is 1.14 bits per heavy atom. The Morgan fingerprint density at radius 2 is 1.76 bits per heavy atom. The number of carboxylic acid groups (broad SMARTS) is 1. The zero-order valence-electron chi connectivity index (χ0n) is 17.2. The Morgan fingerprint density at radius 3 is 2.28 bits per heavy atom. The van der Waals surface area contributed by atoms with Gasteiger partial charge in [-0.15, -0.1) is 11.3 Å². The number of benzene rings is 1. The Balaban J connectivity index is 2.03. The van der Waals surface area contributed by atoms with Crippen LogP contribution in [-0.4, -0.2) is 32.4 Å². The number of nitrogens with two attached hydrogens (primary N) is 1. The van der Waals surface area contributed by atoms with Gasteiger partial charge in [0.1, 0.15) is 10.6 Å². The molecule has 1 heterocycles. The van der Waals surface area contributed by atoms with Crippen LogP contribution >= 0.6 is 11.3 Å². The third-order valence-electron chi connectivity index (χ3n) is 4.95. The summed E-state index contributed by atoms with van der Waals surface area (Å²) < 4.78 is 16.2. The number of ether oxygens (including phenoxy) is 3. The molecule has 1 aliphatic rings. The number of allylic oxidation sites excluding steroid dienone is 2. The molecule has 1 aromatic heterocycles. The fourth-order valence-electron chi connectivity index (χ4n) is 3.66. The van der Waals surface area contributed by atoms with Gasteiger partial charge in [0.25, 0.3) is 0 Å². The Kier molecular flexibility index (Phi) is 5.61. The lowest BCUT2D eigenvalue weighted by molar-refractivity contribution is 0.0698. The zero-order chi connectivity index (χ0) is 21.3. The molecule has 1 aromatic carbocycles. The van der Waals surface area contributed by atoms with E-state index in [9.17, 15) is 9.90 Å². The molecule has 7 heteroatoms. The maximum Gasteiger partial charge on any atom is 0.339 e. The number of hydrogen-bond donors (Lipinski definition) is 2. The number of nitrogen functional groups attached to an aromatic ring is 1. The van der Waals surface area contributed by atoms with Crippen molar-refractivity contribution in [1.82, 2.24) is 0 Å². The second kappa shape index (κ2) is 7.83. The van der Waals surface area contributed by atoms with Gasteiger partial charge in [-0.1, -0.05) is 26.0 Å². The molecule has 0 radical (unpaired) electrons. The summed E-state index contributed by atoms with van der Waals surface area (Å²) in [6.45, 7) is 4.21. The maximum absolute atomic E-state index is 11.7. The number of carbonyl (C=O) groups is 1. The number of thiophene rings is 1. The summed E-state index contributed by atoms with van der Waals surface area (Å²) in [4.78, 5) is 12.7. The second-order valence-corrected chi connectivity index (χ2v) is 8.51. The highest BCUT2D eigenvalue weighted by Gasteiger charge is 2.34. The number of anilines is 1. The number of hydrogen-bond acceptors (Lipinski definition) is 6. The lowest BCUT2D eigenvalue weighted by Crippen LogP contribution is -2.20. The first-order chi connectivity index (χ1) is 13.7. The van der Waals surface area contributed by atoms with Gasteiger partial charge < -0.3 is 25.1 Å². The Labute approximate surface area is 174 Å². The van der Waals surface area contributed by atoms with Crippen LogP contribution in [0.5, 0.6) is 17.2 Å². The minimum Gasteiger partial charge on any atom is -0.493 e. The van der Waals surface area contributed by atoms with Crippen molar-refractivity contribution in [3.05, 3.63) is 45.3 Å². The molecule has 1 aliphatic carbocycles. The van der Waals surface area contributed by atoms with E-state index in [1.807, 2.05) is 30.4 Å². The highest BCUT2D eigenvalue weighted by Crippen LogP contribution is 2.47. The first-order valence-electron chi connectivity index (χ1n) is 9.06. The van der Waals surface area contributed by atoms with E-state index in [1.165, 1.54) is 11.3 Å². The molecule has 0 unspecified atom stereocenters. The van der Waals surface area contributed by atoms with E-state index in [1.54, 1.807) is 21.3 Å². The molecule has 0 aliphatic heterocycles. The van der Waals surface area contributed by atoms with Gasteiger partial charge >= 0.3 is 5.97 Å². The van der Waals surface area contributed by atoms with Crippen LogP contribution in [0.1, 0.15) is 46.6 Å². The number of carboxylic acids is 1. The lowest BCUT2D eigenvalue weighted by Gasteiger charge is -2.29. The van der Waals surface area contributed by atoms with Gasteiger partial charge in [-0.3, -0.25) is 0 Å². The van der Waals surface area contributed by atoms with E-state index < -0.39 is 5.97 Å². The number of methoxy groups -OCH3 is 3. The molecule has 3 N–H and O–H groups in total. The fourth-order valence-corrected chi connectivity index (χ4v) is 4.80. The number of rotatable bonds is 6. The fraction of sp³-hybridized carbons (Fsp3) is 0.318. The normalized spacial score (nSPS) is 15.0. The van der Waals surface area contributed by atoms with Gasteiger partial charge in [0.05, 0.1) is 21.3 Å². The van der Waals surface area contributed by atoms with Crippen LogP contribution in [0.3, 0.4) is 0 Å². The third-order valence-corrected chi connectivity index (χ3v) is 6.35. The van der Waals surface area contributed by atoms with Gasteiger partial charge in [0, 0.05) is 15.9 Å². The van der Waals surface area contributed by atoms with Crippen molar-refractivity contribution in [3.8, 4) is 17.2 Å². The highest BCUT2D eigenvalue weighted by molar-refractivity contribution is 7.16. The van der Waals surface area contributed by atoms with E-state index >= 15 is 0 Å². The van der Waals surface area contributed by atoms with E-state index in [2.05, 4.69) is 13.8 Å². The van der Waals surface area contributed by atoms with Gasteiger partial charge in [-0.2, -0.15) is 0 Å². The SMILES string of the molecule is COc1cc(/C=C/C2=Cc3c(sc(N)c3C(=O)O)C(C)(C)C2)cc(OC)c1OC. The molecule has 6 nitrogen and oxygen atoms in total. The van der Waals surface area contributed by atoms with Crippen molar-refractivity contribution in [1.29, 1.82) is 0 Å². The molecule has 2 aromatic rings. The van der Waals surface area contributed by atoms with Crippen LogP contribution < -0.4 is 19.9 Å². The first-order valence-corrected chi connectivity index (χ1v) is 9.88. The monoisotopic (exact) mass is 415 g/mol. The van der Waals surface area contributed by atoms with Crippen molar-refractivity contribution in [3.63, 3.8) is 0 Å². The second-order valence-electron chi connectivity index (χ2n) is 7.46. The van der Waals surface area contributed by atoms with Crippen molar-refractivity contribution in [2.75, 3.05) is 27.1 Å². The molecule has 0 saturated carbocycles. The smallest absolute Gasteiger partial charge is 0.339 e. The van der Waals surface area contributed by atoms with Crippen LogP contribution in [0.2, 0.25) is 0 Å². The van der Waals surface area contributed by atoms with E-state index in [4.69, 9.17) is 19.9 Å². The largest absolute Gasteiger partial charge is 0.493 e. The summed E-state index contributed by atoms with van der Waals surface area (Å²) in [6, 6.07) is 3.73. The van der Waals surface area contributed by atoms with Crippen molar-refractivity contribution >= 4 is 34.5 Å². The Hall–Kier alpha value is -2.93. The van der Waals surface area contributed by atoms with Crippen LogP contribution in [0.25, 0.3) is 12.2 Å². The first kappa shape index (κ1) is 20.8. The predicted molar refractivity (Wildman–Crippen MR) is 116 cm³/mol. The van der Waals surface area contributed by atoms with Crippen molar-refractivity contribution < 1.29 is 24.1 Å². The zero-order valence-corrected chi connectivity index (χ0v) is 18.0. The molecule has 0 saturated heterocycles. The summed E-state index contributed by atoms with van der Waals surface area (Å²) in [5, 5.41) is 9.93. The molecule has 3 rings (SSSR count). The molecule has 29 heavy (non-hydrogen) atoms. The summed E-state index contributed by atoms with van der Waals surface area (Å²) >= 11 is 1.36. The van der Waals surface area contributed by atoms with Gasteiger partial charge in [0.2, 0.25) is 5.75 Å². The molecular weight excluding hydrogens is 390 g/mol. The summed E-state index contributed by atoms with van der Waals surface area (Å²) in [6.07, 6.45) is 6.64. The quantitative estimate of drug-likeness (QED) is 0.702. The van der Waals surface area contributed by atoms with Crippen molar-refractivity contribution in [2.45, 2.75) is 25.7 Å². The van der Waals surface area contributed by atoms with Gasteiger partial charge in [-0.25, -0.2) is 4.79 Å². The molecule has 0 fully saturated rings. The molecule has 0 bridgehead atoms.